The predicted octanol–water partition coefficient (Wildman–Crippen LogP) is 5.45. The summed E-state index contributed by atoms with van der Waals surface area (Å²) in [5.74, 6) is -6.06. The molecule has 6 N–H and O–H groups in total. The van der Waals surface area contributed by atoms with Gasteiger partial charge in [-0.15, -0.1) is 0 Å². The third kappa shape index (κ3) is 16.8. The lowest BCUT2D eigenvalue weighted by atomic mass is 9.74. The van der Waals surface area contributed by atoms with Gasteiger partial charge in [-0.25, -0.2) is 14.4 Å². The molecule has 0 aromatic heterocycles. The van der Waals surface area contributed by atoms with Crippen molar-refractivity contribution in [2.24, 2.45) is 16.9 Å². The molecule has 0 aromatic rings. The van der Waals surface area contributed by atoms with E-state index in [0.29, 0.717) is 51.9 Å². The average molecular weight is 667 g/mol. The van der Waals surface area contributed by atoms with Crippen LogP contribution in [-0.2, 0) is 19.2 Å². The number of amides is 4. The number of rotatable bonds is 18. The first kappa shape index (κ1) is 44.2. The Morgan fingerprint density at radius 3 is 1.18 bits per heavy atom. The van der Waals surface area contributed by atoms with Gasteiger partial charge >= 0.3 is 30.3 Å². The molecule has 1 aliphatic heterocycles. The number of imide groups is 2. The van der Waals surface area contributed by atoms with Gasteiger partial charge in [0, 0.05) is 13.1 Å². The van der Waals surface area contributed by atoms with E-state index in [9.17, 15) is 40.7 Å². The molecule has 0 aliphatic carbocycles. The lowest BCUT2D eigenvalue weighted by Crippen LogP contribution is -2.65. The van der Waals surface area contributed by atoms with Crippen molar-refractivity contribution in [3.05, 3.63) is 0 Å². The second-order valence-corrected chi connectivity index (χ2v) is 10.5. The van der Waals surface area contributed by atoms with Crippen LogP contribution in [0.25, 0.3) is 0 Å². The van der Waals surface area contributed by atoms with E-state index in [1.54, 1.807) is 0 Å². The van der Waals surface area contributed by atoms with Gasteiger partial charge in [0.2, 0.25) is 11.8 Å². The van der Waals surface area contributed by atoms with Crippen LogP contribution in [0.5, 0.6) is 0 Å². The lowest BCUT2D eigenvalue weighted by molar-refractivity contribution is -0.193. The zero-order chi connectivity index (χ0) is 35.3. The normalized spacial score (nSPS) is 14.8. The smallest absolute Gasteiger partial charge is 0.475 e. The quantitative estimate of drug-likeness (QED) is 0.0839. The van der Waals surface area contributed by atoms with Crippen molar-refractivity contribution in [2.45, 2.75) is 116 Å². The van der Waals surface area contributed by atoms with Crippen molar-refractivity contribution in [3.8, 4) is 0 Å². The number of barbiturate groups is 1. The molecule has 4 amide bonds. The van der Waals surface area contributed by atoms with Crippen LogP contribution < -0.4 is 11.5 Å². The van der Waals surface area contributed by atoms with Gasteiger partial charge in [-0.05, 0) is 51.6 Å². The first-order chi connectivity index (χ1) is 20.9. The monoisotopic (exact) mass is 666 g/mol. The third-order valence-electron chi connectivity index (χ3n) is 6.84. The lowest BCUT2D eigenvalue weighted by Gasteiger charge is -2.44. The fourth-order valence-corrected chi connectivity index (χ4v) is 4.41. The molecule has 0 bridgehead atoms. The van der Waals surface area contributed by atoms with Crippen LogP contribution in [-0.4, -0.2) is 88.3 Å². The molecule has 264 valence electrons. The SMILES string of the molecule is CCCCCCC1(CCCCCC)C(=O)N(CCCCN)C(=O)N(CCCCN)C1=O.O=C(O)C(F)(F)F.O=C(O)C(F)(F)F. The summed E-state index contributed by atoms with van der Waals surface area (Å²) >= 11 is 0. The fraction of sp³-hybridized carbons (Fsp3) is 0.821. The molecule has 0 saturated carbocycles. The van der Waals surface area contributed by atoms with E-state index in [0.717, 1.165) is 64.2 Å². The van der Waals surface area contributed by atoms with Crippen LogP contribution in [0.2, 0.25) is 0 Å². The molecule has 45 heavy (non-hydrogen) atoms. The molecule has 1 rings (SSSR count). The molecule has 0 radical (unpaired) electrons. The summed E-state index contributed by atoms with van der Waals surface area (Å²) < 4.78 is 63.5. The fourth-order valence-electron chi connectivity index (χ4n) is 4.41. The summed E-state index contributed by atoms with van der Waals surface area (Å²) in [7, 11) is 0. The van der Waals surface area contributed by atoms with E-state index in [4.69, 9.17) is 31.3 Å². The molecule has 1 aliphatic rings. The number of carbonyl (C=O) groups is 5. The second kappa shape index (κ2) is 22.5. The number of alkyl halides is 6. The number of nitrogens with zero attached hydrogens (tertiary/aromatic N) is 2. The molecule has 1 heterocycles. The van der Waals surface area contributed by atoms with Crippen LogP contribution in [0.3, 0.4) is 0 Å². The van der Waals surface area contributed by atoms with Gasteiger partial charge in [-0.2, -0.15) is 26.3 Å². The van der Waals surface area contributed by atoms with Crippen molar-refractivity contribution >= 4 is 29.8 Å². The van der Waals surface area contributed by atoms with E-state index in [2.05, 4.69) is 13.8 Å². The predicted molar refractivity (Wildman–Crippen MR) is 153 cm³/mol. The number of unbranched alkanes of at least 4 members (excludes halogenated alkanes) is 8. The first-order valence-electron chi connectivity index (χ1n) is 15.1. The average Bonchev–Trinajstić information content (AvgIpc) is 2.95. The Hall–Kier alpha value is -2.95. The van der Waals surface area contributed by atoms with E-state index in [1.165, 1.54) is 9.80 Å². The van der Waals surface area contributed by atoms with Gasteiger partial charge in [0.25, 0.3) is 0 Å². The van der Waals surface area contributed by atoms with E-state index >= 15 is 0 Å². The van der Waals surface area contributed by atoms with Gasteiger partial charge in [-0.3, -0.25) is 19.4 Å². The highest BCUT2D eigenvalue weighted by molar-refractivity contribution is 6.19. The largest absolute Gasteiger partial charge is 0.490 e. The minimum Gasteiger partial charge on any atom is -0.475 e. The molecule has 0 unspecified atom stereocenters. The minimum atomic E-state index is -5.08. The van der Waals surface area contributed by atoms with Crippen molar-refractivity contribution < 1.29 is 60.5 Å². The van der Waals surface area contributed by atoms with Gasteiger partial charge in [0.15, 0.2) is 0 Å². The molecule has 0 spiro atoms. The van der Waals surface area contributed by atoms with Crippen molar-refractivity contribution in [1.29, 1.82) is 0 Å². The number of carboxylic acids is 2. The molecule has 0 atom stereocenters. The Balaban J connectivity index is 0. The summed E-state index contributed by atoms with van der Waals surface area (Å²) in [6.45, 7) is 6.01. The van der Waals surface area contributed by atoms with Crippen LogP contribution in [0.1, 0.15) is 104 Å². The number of hydrogen-bond donors (Lipinski definition) is 4. The number of hydrogen-bond acceptors (Lipinski definition) is 7. The number of carbonyl (C=O) groups excluding carboxylic acids is 3. The Morgan fingerprint density at radius 2 is 0.933 bits per heavy atom. The molecular formula is C28H48F6N4O7. The van der Waals surface area contributed by atoms with Crippen LogP contribution in [0.4, 0.5) is 31.1 Å². The van der Waals surface area contributed by atoms with Gasteiger partial charge in [-0.1, -0.05) is 65.2 Å². The zero-order valence-corrected chi connectivity index (χ0v) is 26.0. The zero-order valence-electron chi connectivity index (χ0n) is 26.0. The molecule has 0 aromatic carbocycles. The van der Waals surface area contributed by atoms with Gasteiger partial charge < -0.3 is 21.7 Å². The molecule has 17 heteroatoms. The number of halogens is 6. The van der Waals surface area contributed by atoms with E-state index < -0.39 is 35.7 Å². The first-order valence-corrected chi connectivity index (χ1v) is 15.1. The summed E-state index contributed by atoms with van der Waals surface area (Å²) in [5, 5.41) is 14.2. The molecular weight excluding hydrogens is 618 g/mol. The van der Waals surface area contributed by atoms with Crippen molar-refractivity contribution in [2.75, 3.05) is 26.2 Å². The second-order valence-electron chi connectivity index (χ2n) is 10.5. The van der Waals surface area contributed by atoms with E-state index in [1.807, 2.05) is 0 Å². The highest BCUT2D eigenvalue weighted by Crippen LogP contribution is 2.40. The summed E-state index contributed by atoms with van der Waals surface area (Å²) in [6, 6.07) is -0.457. The Kier molecular flexibility index (Phi) is 22.1. The van der Waals surface area contributed by atoms with Crippen LogP contribution in [0.15, 0.2) is 0 Å². The summed E-state index contributed by atoms with van der Waals surface area (Å²) in [4.78, 5) is 61.0. The maximum absolute atomic E-state index is 13.7. The maximum Gasteiger partial charge on any atom is 0.490 e. The van der Waals surface area contributed by atoms with Gasteiger partial charge in [0.1, 0.15) is 5.41 Å². The van der Waals surface area contributed by atoms with Crippen LogP contribution in [0, 0.1) is 5.41 Å². The summed E-state index contributed by atoms with van der Waals surface area (Å²) in [5.41, 5.74) is 10.1. The van der Waals surface area contributed by atoms with E-state index in [-0.39, 0.29) is 11.8 Å². The third-order valence-corrected chi connectivity index (χ3v) is 6.84. The Morgan fingerprint density at radius 1 is 0.622 bits per heavy atom. The number of nitrogens with two attached hydrogens (primary N) is 2. The Labute approximate surface area is 259 Å². The molecule has 1 saturated heterocycles. The Bertz CT molecular complexity index is 847. The number of aliphatic carboxylic acids is 2. The number of urea groups is 1. The highest BCUT2D eigenvalue weighted by atomic mass is 19.4. The van der Waals surface area contributed by atoms with Crippen LogP contribution >= 0.6 is 0 Å². The topological polar surface area (TPSA) is 184 Å². The minimum absolute atomic E-state index is 0.275. The molecule has 1 fully saturated rings. The highest BCUT2D eigenvalue weighted by Gasteiger charge is 2.55. The standard InChI is InChI=1S/C24H46N4O3.2C2HF3O2/c1-3-5-7-9-15-24(16-10-8-6-4-2)21(29)27(19-13-11-17-25)23(31)28(22(24)30)20-14-12-18-26;2*3-2(4,5)1(6)7/h3-20,25-26H2,1-2H3;2*(H,6,7). The number of carboxylic acid groups (broad SMARTS) is 2. The van der Waals surface area contributed by atoms with Gasteiger partial charge in [0.05, 0.1) is 0 Å². The van der Waals surface area contributed by atoms with Crippen molar-refractivity contribution in [3.63, 3.8) is 0 Å². The van der Waals surface area contributed by atoms with Crippen molar-refractivity contribution in [1.82, 2.24) is 9.80 Å². The maximum atomic E-state index is 13.7. The summed E-state index contributed by atoms with van der Waals surface area (Å²) in [6.07, 6.45) is 1.78. The molecule has 11 nitrogen and oxygen atoms in total.